The molecule has 0 unspecified atom stereocenters. The van der Waals surface area contributed by atoms with Crippen LogP contribution in [0.15, 0.2) is 22.7 Å². The molecule has 0 fully saturated rings. The summed E-state index contributed by atoms with van der Waals surface area (Å²) in [5, 5.41) is 0.852. The Hall–Kier alpha value is -1.20. The van der Waals surface area contributed by atoms with Crippen molar-refractivity contribution in [2.24, 2.45) is 0 Å². The van der Waals surface area contributed by atoms with Crippen LogP contribution in [0.4, 0.5) is 0 Å². The zero-order valence-electron chi connectivity index (χ0n) is 11.0. The van der Waals surface area contributed by atoms with E-state index in [1.54, 1.807) is 6.92 Å². The molecule has 0 atom stereocenters. The van der Waals surface area contributed by atoms with E-state index in [2.05, 4.69) is 20.9 Å². The fourth-order valence-corrected chi connectivity index (χ4v) is 3.23. The van der Waals surface area contributed by atoms with E-state index >= 15 is 0 Å². The summed E-state index contributed by atoms with van der Waals surface area (Å²) in [5.41, 5.74) is 2.59. The summed E-state index contributed by atoms with van der Waals surface area (Å²) < 4.78 is 6.04. The Bertz CT molecular complexity index is 622. The molecular formula is C14H14BrNO2S. The number of hydrogen-bond acceptors (Lipinski definition) is 4. The van der Waals surface area contributed by atoms with Crippen molar-refractivity contribution in [3.05, 3.63) is 38.8 Å². The summed E-state index contributed by atoms with van der Waals surface area (Å²) in [4.78, 5) is 17.1. The fourth-order valence-electron chi connectivity index (χ4n) is 1.77. The van der Waals surface area contributed by atoms with Crippen LogP contribution in [0.25, 0.3) is 10.6 Å². The number of aromatic nitrogens is 1. The second-order valence-electron chi connectivity index (χ2n) is 4.10. The van der Waals surface area contributed by atoms with Crippen molar-refractivity contribution in [3.63, 3.8) is 0 Å². The van der Waals surface area contributed by atoms with Gasteiger partial charge in [0.2, 0.25) is 0 Å². The maximum atomic E-state index is 11.8. The second-order valence-corrected chi connectivity index (χ2v) is 6.22. The lowest BCUT2D eigenvalue weighted by atomic mass is 10.1. The summed E-state index contributed by atoms with van der Waals surface area (Å²) >= 11 is 4.96. The van der Waals surface area contributed by atoms with Crippen LogP contribution in [0.1, 0.15) is 27.9 Å². The first-order valence-corrected chi connectivity index (χ1v) is 7.55. The molecule has 1 aromatic carbocycles. The van der Waals surface area contributed by atoms with Crippen molar-refractivity contribution in [3.8, 4) is 10.6 Å². The minimum Gasteiger partial charge on any atom is -0.461 e. The molecule has 1 heterocycles. The van der Waals surface area contributed by atoms with Crippen LogP contribution in [0.3, 0.4) is 0 Å². The Morgan fingerprint density at radius 2 is 2.16 bits per heavy atom. The van der Waals surface area contributed by atoms with Crippen molar-refractivity contribution < 1.29 is 9.53 Å². The molecule has 0 saturated carbocycles. The van der Waals surface area contributed by atoms with E-state index in [0.29, 0.717) is 12.3 Å². The Labute approximate surface area is 124 Å². The van der Waals surface area contributed by atoms with Gasteiger partial charge in [0.05, 0.1) is 6.61 Å². The number of rotatable bonds is 3. The Balaban J connectivity index is 2.42. The average molecular weight is 340 g/mol. The monoisotopic (exact) mass is 339 g/mol. The average Bonchev–Trinajstić information content (AvgIpc) is 2.71. The van der Waals surface area contributed by atoms with Gasteiger partial charge in [-0.1, -0.05) is 22.0 Å². The number of carbonyl (C=O) groups excluding carboxylic acids is 1. The van der Waals surface area contributed by atoms with E-state index in [1.165, 1.54) is 11.3 Å². The molecule has 5 heteroatoms. The highest BCUT2D eigenvalue weighted by molar-refractivity contribution is 9.10. The van der Waals surface area contributed by atoms with E-state index in [1.807, 2.05) is 32.0 Å². The molecule has 0 bridgehead atoms. The molecule has 100 valence electrons. The zero-order valence-corrected chi connectivity index (χ0v) is 13.4. The molecule has 1 aromatic heterocycles. The van der Waals surface area contributed by atoms with E-state index in [9.17, 15) is 4.79 Å². The van der Waals surface area contributed by atoms with E-state index in [0.717, 1.165) is 25.5 Å². The molecule has 0 aliphatic heterocycles. The number of hydrogen-bond donors (Lipinski definition) is 0. The number of benzene rings is 1. The predicted molar refractivity (Wildman–Crippen MR) is 80.7 cm³/mol. The van der Waals surface area contributed by atoms with E-state index < -0.39 is 0 Å². The van der Waals surface area contributed by atoms with Gasteiger partial charge in [-0.25, -0.2) is 9.78 Å². The van der Waals surface area contributed by atoms with Gasteiger partial charge in [0.15, 0.2) is 5.69 Å². The van der Waals surface area contributed by atoms with Gasteiger partial charge in [0.1, 0.15) is 5.01 Å². The molecular weight excluding hydrogens is 326 g/mol. The first-order valence-electron chi connectivity index (χ1n) is 5.94. The SMILES string of the molecule is CCOC(=O)c1nc(-c2ccc(Br)cc2C)sc1C. The molecule has 0 N–H and O–H groups in total. The maximum absolute atomic E-state index is 11.8. The molecule has 0 spiro atoms. The number of ether oxygens (including phenoxy) is 1. The third kappa shape index (κ3) is 3.04. The van der Waals surface area contributed by atoms with Crippen LogP contribution in [-0.4, -0.2) is 17.6 Å². The summed E-state index contributed by atoms with van der Waals surface area (Å²) in [7, 11) is 0. The van der Waals surface area contributed by atoms with Crippen molar-refractivity contribution >= 4 is 33.2 Å². The van der Waals surface area contributed by atoms with Crippen LogP contribution < -0.4 is 0 Å². The number of nitrogens with zero attached hydrogens (tertiary/aromatic N) is 1. The topological polar surface area (TPSA) is 39.2 Å². The highest BCUT2D eigenvalue weighted by Gasteiger charge is 2.18. The quantitative estimate of drug-likeness (QED) is 0.779. The first kappa shape index (κ1) is 14.2. The minimum absolute atomic E-state index is 0.350. The molecule has 0 amide bonds. The van der Waals surface area contributed by atoms with E-state index in [4.69, 9.17) is 4.74 Å². The van der Waals surface area contributed by atoms with Crippen LogP contribution in [0, 0.1) is 13.8 Å². The van der Waals surface area contributed by atoms with Gasteiger partial charge < -0.3 is 4.74 Å². The van der Waals surface area contributed by atoms with Crippen molar-refractivity contribution in [1.82, 2.24) is 4.98 Å². The van der Waals surface area contributed by atoms with Crippen molar-refractivity contribution in [2.75, 3.05) is 6.61 Å². The molecule has 0 aliphatic rings. The van der Waals surface area contributed by atoms with Crippen LogP contribution in [0.5, 0.6) is 0 Å². The normalized spacial score (nSPS) is 10.5. The predicted octanol–water partition coefficient (Wildman–Crippen LogP) is 4.37. The molecule has 0 saturated heterocycles. The zero-order chi connectivity index (χ0) is 14.0. The van der Waals surface area contributed by atoms with Gasteiger partial charge in [-0.15, -0.1) is 11.3 Å². The highest BCUT2D eigenvalue weighted by Crippen LogP contribution is 2.31. The summed E-state index contributed by atoms with van der Waals surface area (Å²) in [6, 6.07) is 6.02. The summed E-state index contributed by atoms with van der Waals surface area (Å²) in [6.07, 6.45) is 0. The minimum atomic E-state index is -0.350. The number of esters is 1. The van der Waals surface area contributed by atoms with Gasteiger partial charge in [0.25, 0.3) is 0 Å². The molecule has 2 rings (SSSR count). The fraction of sp³-hybridized carbons (Fsp3) is 0.286. The lowest BCUT2D eigenvalue weighted by Crippen LogP contribution is -2.06. The summed E-state index contributed by atoms with van der Waals surface area (Å²) in [5.74, 6) is -0.350. The Kier molecular flexibility index (Phi) is 4.37. The highest BCUT2D eigenvalue weighted by atomic mass is 79.9. The summed E-state index contributed by atoms with van der Waals surface area (Å²) in [6.45, 7) is 6.07. The molecule has 3 nitrogen and oxygen atoms in total. The second kappa shape index (κ2) is 5.84. The first-order chi connectivity index (χ1) is 9.02. The number of thiazole rings is 1. The standard InChI is InChI=1S/C14H14BrNO2S/c1-4-18-14(17)12-9(3)19-13(16-12)11-6-5-10(15)7-8(11)2/h5-7H,4H2,1-3H3. The Morgan fingerprint density at radius 3 is 2.79 bits per heavy atom. The largest absolute Gasteiger partial charge is 0.461 e. The van der Waals surface area contributed by atoms with Gasteiger partial charge in [0, 0.05) is 14.9 Å². The van der Waals surface area contributed by atoms with Crippen LogP contribution in [0.2, 0.25) is 0 Å². The number of halogens is 1. The van der Waals surface area contributed by atoms with Crippen LogP contribution in [-0.2, 0) is 4.74 Å². The number of aryl methyl sites for hydroxylation is 2. The van der Waals surface area contributed by atoms with E-state index in [-0.39, 0.29) is 5.97 Å². The van der Waals surface area contributed by atoms with Crippen LogP contribution >= 0.6 is 27.3 Å². The van der Waals surface area contributed by atoms with Gasteiger partial charge in [-0.05, 0) is 38.5 Å². The number of carbonyl (C=O) groups is 1. The third-order valence-corrected chi connectivity index (χ3v) is 4.18. The van der Waals surface area contributed by atoms with Crippen molar-refractivity contribution in [2.45, 2.75) is 20.8 Å². The molecule has 0 aliphatic carbocycles. The molecule has 19 heavy (non-hydrogen) atoms. The smallest absolute Gasteiger partial charge is 0.358 e. The maximum Gasteiger partial charge on any atom is 0.358 e. The third-order valence-electron chi connectivity index (χ3n) is 2.68. The Morgan fingerprint density at radius 1 is 1.42 bits per heavy atom. The lowest BCUT2D eigenvalue weighted by Gasteiger charge is -2.02. The van der Waals surface area contributed by atoms with Gasteiger partial charge in [-0.2, -0.15) is 0 Å². The molecule has 0 radical (unpaired) electrons. The lowest BCUT2D eigenvalue weighted by molar-refractivity contribution is 0.0519. The van der Waals surface area contributed by atoms with Gasteiger partial charge in [-0.3, -0.25) is 0 Å². The molecule has 2 aromatic rings. The van der Waals surface area contributed by atoms with Gasteiger partial charge >= 0.3 is 5.97 Å². The van der Waals surface area contributed by atoms with Crippen molar-refractivity contribution in [1.29, 1.82) is 0 Å².